The Morgan fingerprint density at radius 3 is 2.71 bits per heavy atom. The molecule has 0 aromatic heterocycles. The Balaban J connectivity index is 2.01. The van der Waals surface area contributed by atoms with Gasteiger partial charge in [-0.2, -0.15) is 0 Å². The first-order valence-corrected chi connectivity index (χ1v) is 7.10. The highest BCUT2D eigenvalue weighted by Gasteiger charge is 2.31. The van der Waals surface area contributed by atoms with Gasteiger partial charge in [-0.1, -0.05) is 12.1 Å². The summed E-state index contributed by atoms with van der Waals surface area (Å²) in [6.45, 7) is 2.99. The number of benzene rings is 1. The predicted molar refractivity (Wildman–Crippen MR) is 77.5 cm³/mol. The number of hydrogen-bond donors (Lipinski definition) is 2. The number of nitrogens with two attached hydrogens (primary N) is 1. The lowest BCUT2D eigenvalue weighted by atomic mass is 9.89. The first kappa shape index (κ1) is 13.3. The molecule has 1 aromatic rings. The van der Waals surface area contributed by atoms with Crippen LogP contribution in [0.1, 0.15) is 18.9 Å². The van der Waals surface area contributed by atoms with Gasteiger partial charge in [0.1, 0.15) is 0 Å². The molecule has 1 heterocycles. The Hall–Kier alpha value is -0.170. The Labute approximate surface area is 116 Å². The van der Waals surface area contributed by atoms with Gasteiger partial charge in [-0.15, -0.1) is 0 Å². The van der Waals surface area contributed by atoms with E-state index in [4.69, 9.17) is 10.6 Å². The van der Waals surface area contributed by atoms with Crippen LogP contribution in [-0.4, -0.2) is 18.8 Å². The van der Waals surface area contributed by atoms with Crippen molar-refractivity contribution in [1.29, 1.82) is 0 Å². The summed E-state index contributed by atoms with van der Waals surface area (Å²) >= 11 is 2.32. The fourth-order valence-electron chi connectivity index (χ4n) is 2.48. The van der Waals surface area contributed by atoms with Crippen LogP contribution in [0.15, 0.2) is 24.3 Å². The minimum absolute atomic E-state index is 0.299. The van der Waals surface area contributed by atoms with Gasteiger partial charge in [0, 0.05) is 22.1 Å². The van der Waals surface area contributed by atoms with E-state index < -0.39 is 0 Å². The molecule has 94 valence electrons. The van der Waals surface area contributed by atoms with Gasteiger partial charge in [0.15, 0.2) is 0 Å². The SMILES string of the molecule is CC1OCCC1C(Cc1ccc(I)cc1)NN. The second-order valence-electron chi connectivity index (χ2n) is 4.63. The molecule has 3 N–H and O–H groups in total. The summed E-state index contributed by atoms with van der Waals surface area (Å²) in [6.07, 6.45) is 2.37. The Morgan fingerprint density at radius 2 is 2.18 bits per heavy atom. The first-order valence-electron chi connectivity index (χ1n) is 6.03. The first-order chi connectivity index (χ1) is 8.20. The molecule has 1 aromatic carbocycles. The normalized spacial score (nSPS) is 26.1. The zero-order chi connectivity index (χ0) is 12.3. The summed E-state index contributed by atoms with van der Waals surface area (Å²) in [5.41, 5.74) is 4.28. The molecule has 4 heteroatoms. The zero-order valence-electron chi connectivity index (χ0n) is 10.0. The lowest BCUT2D eigenvalue weighted by molar-refractivity contribution is 0.0954. The molecule has 0 bridgehead atoms. The molecular weight excluding hydrogens is 327 g/mol. The van der Waals surface area contributed by atoms with E-state index in [1.54, 1.807) is 0 Å². The molecule has 1 aliphatic rings. The van der Waals surface area contributed by atoms with Crippen LogP contribution >= 0.6 is 22.6 Å². The number of hydrazine groups is 1. The molecule has 0 amide bonds. The van der Waals surface area contributed by atoms with Crippen LogP contribution in [0.2, 0.25) is 0 Å². The molecule has 0 radical (unpaired) electrons. The van der Waals surface area contributed by atoms with Gasteiger partial charge in [-0.3, -0.25) is 11.3 Å². The Bertz CT molecular complexity index is 355. The molecule has 1 saturated heterocycles. The third-order valence-corrected chi connectivity index (χ3v) is 4.25. The predicted octanol–water partition coefficient (Wildman–Crippen LogP) is 2.09. The molecule has 2 rings (SSSR count). The van der Waals surface area contributed by atoms with Crippen molar-refractivity contribution in [2.45, 2.75) is 31.9 Å². The standard InChI is InChI=1S/C13H19IN2O/c1-9-12(6-7-17-9)13(16-15)8-10-2-4-11(14)5-3-10/h2-5,9,12-13,16H,6-8,15H2,1H3. The average Bonchev–Trinajstić information content (AvgIpc) is 2.75. The zero-order valence-corrected chi connectivity index (χ0v) is 12.2. The minimum atomic E-state index is 0.299. The molecule has 3 atom stereocenters. The lowest BCUT2D eigenvalue weighted by Gasteiger charge is -2.25. The number of nitrogens with one attached hydrogen (secondary N) is 1. The van der Waals surface area contributed by atoms with Gasteiger partial charge in [0.2, 0.25) is 0 Å². The molecule has 17 heavy (non-hydrogen) atoms. The van der Waals surface area contributed by atoms with Gasteiger partial charge in [-0.25, -0.2) is 0 Å². The van der Waals surface area contributed by atoms with E-state index in [-0.39, 0.29) is 0 Å². The van der Waals surface area contributed by atoms with Crippen molar-refractivity contribution in [2.75, 3.05) is 6.61 Å². The van der Waals surface area contributed by atoms with E-state index in [9.17, 15) is 0 Å². The van der Waals surface area contributed by atoms with Crippen LogP contribution in [0.5, 0.6) is 0 Å². The summed E-state index contributed by atoms with van der Waals surface area (Å²) < 4.78 is 6.87. The van der Waals surface area contributed by atoms with Crippen molar-refractivity contribution in [2.24, 2.45) is 11.8 Å². The third-order valence-electron chi connectivity index (χ3n) is 3.53. The fraction of sp³-hybridized carbons (Fsp3) is 0.538. The maximum absolute atomic E-state index is 5.69. The van der Waals surface area contributed by atoms with Crippen molar-refractivity contribution >= 4 is 22.6 Å². The van der Waals surface area contributed by atoms with E-state index >= 15 is 0 Å². The molecule has 1 fully saturated rings. The molecule has 3 unspecified atom stereocenters. The maximum Gasteiger partial charge on any atom is 0.0591 e. The van der Waals surface area contributed by atoms with Crippen molar-refractivity contribution in [3.05, 3.63) is 33.4 Å². The average molecular weight is 346 g/mol. The number of ether oxygens (including phenoxy) is 1. The summed E-state index contributed by atoms with van der Waals surface area (Å²) in [6, 6.07) is 8.92. The highest BCUT2D eigenvalue weighted by atomic mass is 127. The minimum Gasteiger partial charge on any atom is -0.378 e. The summed E-state index contributed by atoms with van der Waals surface area (Å²) in [5, 5.41) is 0. The molecular formula is C13H19IN2O. The van der Waals surface area contributed by atoms with Crippen LogP contribution in [0.4, 0.5) is 0 Å². The number of rotatable bonds is 4. The van der Waals surface area contributed by atoms with E-state index in [0.29, 0.717) is 18.1 Å². The van der Waals surface area contributed by atoms with Crippen LogP contribution < -0.4 is 11.3 Å². The summed E-state index contributed by atoms with van der Waals surface area (Å²) in [4.78, 5) is 0. The summed E-state index contributed by atoms with van der Waals surface area (Å²) in [7, 11) is 0. The second kappa shape index (κ2) is 6.13. The number of halogens is 1. The Kier molecular flexibility index (Phi) is 4.78. The summed E-state index contributed by atoms with van der Waals surface area (Å²) in [5.74, 6) is 6.20. The molecule has 3 nitrogen and oxygen atoms in total. The van der Waals surface area contributed by atoms with Crippen LogP contribution in [-0.2, 0) is 11.2 Å². The molecule has 0 saturated carbocycles. The quantitative estimate of drug-likeness (QED) is 0.499. The number of hydrogen-bond acceptors (Lipinski definition) is 3. The van der Waals surface area contributed by atoms with Crippen LogP contribution in [0, 0.1) is 9.49 Å². The lowest BCUT2D eigenvalue weighted by Crippen LogP contribution is -2.44. The van der Waals surface area contributed by atoms with Crippen molar-refractivity contribution in [3.8, 4) is 0 Å². The molecule has 0 aliphatic carbocycles. The van der Waals surface area contributed by atoms with Crippen molar-refractivity contribution in [1.82, 2.24) is 5.43 Å². The van der Waals surface area contributed by atoms with E-state index in [2.05, 4.69) is 59.2 Å². The van der Waals surface area contributed by atoms with Gasteiger partial charge in [0.25, 0.3) is 0 Å². The van der Waals surface area contributed by atoms with Gasteiger partial charge < -0.3 is 4.74 Å². The van der Waals surface area contributed by atoms with Crippen molar-refractivity contribution < 1.29 is 4.74 Å². The molecule has 0 spiro atoms. The van der Waals surface area contributed by atoms with Gasteiger partial charge >= 0.3 is 0 Å². The van der Waals surface area contributed by atoms with E-state index in [0.717, 1.165) is 19.4 Å². The largest absolute Gasteiger partial charge is 0.378 e. The van der Waals surface area contributed by atoms with Gasteiger partial charge in [0.05, 0.1) is 6.10 Å². The molecule has 1 aliphatic heterocycles. The topological polar surface area (TPSA) is 47.3 Å². The monoisotopic (exact) mass is 346 g/mol. The highest BCUT2D eigenvalue weighted by molar-refractivity contribution is 14.1. The van der Waals surface area contributed by atoms with Gasteiger partial charge in [-0.05, 0) is 60.1 Å². The van der Waals surface area contributed by atoms with Crippen LogP contribution in [0.25, 0.3) is 0 Å². The Morgan fingerprint density at radius 1 is 1.47 bits per heavy atom. The van der Waals surface area contributed by atoms with E-state index in [1.165, 1.54) is 9.13 Å². The maximum atomic E-state index is 5.69. The second-order valence-corrected chi connectivity index (χ2v) is 5.88. The van der Waals surface area contributed by atoms with Crippen molar-refractivity contribution in [3.63, 3.8) is 0 Å². The smallest absolute Gasteiger partial charge is 0.0591 e. The van der Waals surface area contributed by atoms with E-state index in [1.807, 2.05) is 0 Å². The fourth-order valence-corrected chi connectivity index (χ4v) is 2.84. The van der Waals surface area contributed by atoms with Crippen LogP contribution in [0.3, 0.4) is 0 Å². The third kappa shape index (κ3) is 3.40. The highest BCUT2D eigenvalue weighted by Crippen LogP contribution is 2.25.